The summed E-state index contributed by atoms with van der Waals surface area (Å²) in [6, 6.07) is 18.4. The molecule has 0 atom stereocenters. The van der Waals surface area contributed by atoms with Crippen molar-refractivity contribution in [3.8, 4) is 23.1 Å². The summed E-state index contributed by atoms with van der Waals surface area (Å²) in [6.07, 6.45) is 2.76. The second-order valence-electron chi connectivity index (χ2n) is 7.79. The van der Waals surface area contributed by atoms with E-state index < -0.39 is 0 Å². The molecule has 0 saturated carbocycles. The van der Waals surface area contributed by atoms with Crippen molar-refractivity contribution in [3.05, 3.63) is 70.9 Å². The van der Waals surface area contributed by atoms with E-state index in [1.54, 1.807) is 0 Å². The van der Waals surface area contributed by atoms with E-state index in [-0.39, 0.29) is 0 Å². The Morgan fingerprint density at radius 1 is 1.10 bits per heavy atom. The van der Waals surface area contributed by atoms with Crippen LogP contribution in [0.15, 0.2) is 48.5 Å². The number of nitriles is 1. The van der Waals surface area contributed by atoms with Gasteiger partial charge in [-0.25, -0.2) is 4.68 Å². The highest BCUT2D eigenvalue weighted by Crippen LogP contribution is 2.28. The molecule has 0 saturated heterocycles. The molecule has 3 rings (SSSR count). The minimum absolute atomic E-state index is 0.634. The molecule has 0 aliphatic carbocycles. The van der Waals surface area contributed by atoms with Crippen LogP contribution < -0.4 is 4.74 Å². The van der Waals surface area contributed by atoms with Crippen LogP contribution in [0.25, 0.3) is 11.1 Å². The summed E-state index contributed by atoms with van der Waals surface area (Å²) in [7, 11) is 6.04. The third-order valence-corrected chi connectivity index (χ3v) is 5.13. The highest BCUT2D eigenvalue weighted by molar-refractivity contribution is 5.70. The second kappa shape index (κ2) is 10.1. The Hall–Kier alpha value is -3.10. The Morgan fingerprint density at radius 2 is 1.83 bits per heavy atom. The van der Waals surface area contributed by atoms with E-state index in [2.05, 4.69) is 42.2 Å². The van der Waals surface area contributed by atoms with Crippen LogP contribution in [0.5, 0.6) is 5.88 Å². The first-order valence-corrected chi connectivity index (χ1v) is 10.4. The topological polar surface area (TPSA) is 54.1 Å². The maximum Gasteiger partial charge on any atom is 0.215 e. The monoisotopic (exact) mass is 402 g/mol. The number of benzene rings is 2. The summed E-state index contributed by atoms with van der Waals surface area (Å²) in [5.41, 5.74) is 6.20. The molecule has 0 bridgehead atoms. The molecule has 5 heteroatoms. The second-order valence-corrected chi connectivity index (χ2v) is 7.79. The van der Waals surface area contributed by atoms with Crippen molar-refractivity contribution in [2.45, 2.75) is 26.2 Å². The van der Waals surface area contributed by atoms with Gasteiger partial charge in [0.2, 0.25) is 5.88 Å². The molecule has 5 nitrogen and oxygen atoms in total. The average molecular weight is 403 g/mol. The number of nitrogens with zero attached hydrogens (tertiary/aromatic N) is 4. The molecule has 156 valence electrons. The van der Waals surface area contributed by atoms with E-state index in [4.69, 9.17) is 9.84 Å². The summed E-state index contributed by atoms with van der Waals surface area (Å²) in [5.74, 6) is 0.860. The Morgan fingerprint density at radius 3 is 2.50 bits per heavy atom. The minimum atomic E-state index is 0.634. The lowest BCUT2D eigenvalue weighted by Crippen LogP contribution is -2.20. The van der Waals surface area contributed by atoms with E-state index >= 15 is 0 Å². The molecule has 0 amide bonds. The molecular formula is C25H30N4O. The largest absolute Gasteiger partial charge is 0.476 e. The highest BCUT2D eigenvalue weighted by Gasteiger charge is 2.18. The van der Waals surface area contributed by atoms with Gasteiger partial charge in [-0.1, -0.05) is 55.8 Å². The minimum Gasteiger partial charge on any atom is -0.476 e. The fourth-order valence-corrected chi connectivity index (χ4v) is 3.56. The van der Waals surface area contributed by atoms with Crippen molar-refractivity contribution in [1.82, 2.24) is 14.7 Å². The van der Waals surface area contributed by atoms with Gasteiger partial charge in [-0.3, -0.25) is 0 Å². The molecule has 0 N–H and O–H groups in total. The lowest BCUT2D eigenvalue weighted by molar-refractivity contribution is 0.243. The predicted molar refractivity (Wildman–Crippen MR) is 121 cm³/mol. The normalized spacial score (nSPS) is 10.9. The molecule has 0 fully saturated rings. The molecule has 1 heterocycles. The van der Waals surface area contributed by atoms with Crippen molar-refractivity contribution < 1.29 is 4.74 Å². The number of aryl methyl sites for hydroxylation is 2. The average Bonchev–Trinajstić information content (AvgIpc) is 3.03. The summed E-state index contributed by atoms with van der Waals surface area (Å²) in [6.45, 7) is 3.67. The molecule has 0 radical (unpaired) electrons. The van der Waals surface area contributed by atoms with Gasteiger partial charge in [-0.2, -0.15) is 10.4 Å². The first kappa shape index (κ1) is 21.6. The Kier molecular flexibility index (Phi) is 7.26. The number of ether oxygens (including phenoxy) is 1. The molecule has 1 aromatic heterocycles. The van der Waals surface area contributed by atoms with Gasteiger partial charge < -0.3 is 9.64 Å². The third kappa shape index (κ3) is 5.08. The molecule has 0 spiro atoms. The predicted octanol–water partition coefficient (Wildman–Crippen LogP) is 4.44. The zero-order chi connectivity index (χ0) is 21.5. The Labute approximate surface area is 179 Å². The summed E-state index contributed by atoms with van der Waals surface area (Å²) in [5, 5.41) is 14.1. The first-order chi connectivity index (χ1) is 14.5. The van der Waals surface area contributed by atoms with Crippen molar-refractivity contribution in [2.75, 3.05) is 27.2 Å². The van der Waals surface area contributed by atoms with Crippen LogP contribution in [0, 0.1) is 11.3 Å². The lowest BCUT2D eigenvalue weighted by atomic mass is 9.97. The van der Waals surface area contributed by atoms with E-state index in [0.717, 1.165) is 48.5 Å². The van der Waals surface area contributed by atoms with Gasteiger partial charge in [0, 0.05) is 25.6 Å². The van der Waals surface area contributed by atoms with Crippen LogP contribution in [0.4, 0.5) is 0 Å². The third-order valence-electron chi connectivity index (χ3n) is 5.13. The van der Waals surface area contributed by atoms with Crippen molar-refractivity contribution in [3.63, 3.8) is 0 Å². The molecule has 0 aliphatic rings. The van der Waals surface area contributed by atoms with Gasteiger partial charge in [-0.05, 0) is 43.3 Å². The fourth-order valence-electron chi connectivity index (χ4n) is 3.56. The number of aromatic nitrogens is 2. The standard InChI is InChI=1S/C25H30N4O/c1-5-8-24-23(25(29(4)27-24)30-16-15-28(2)3)17-19-11-13-20(14-12-19)22-10-7-6-9-21(22)18-26/h6-7,9-14H,5,8,15-17H2,1-4H3. The summed E-state index contributed by atoms with van der Waals surface area (Å²) >= 11 is 0. The number of rotatable bonds is 9. The van der Waals surface area contributed by atoms with Gasteiger partial charge in [0.15, 0.2) is 0 Å². The van der Waals surface area contributed by atoms with Crippen molar-refractivity contribution in [2.24, 2.45) is 7.05 Å². The first-order valence-electron chi connectivity index (χ1n) is 10.4. The van der Waals surface area contributed by atoms with Crippen LogP contribution in [-0.4, -0.2) is 41.9 Å². The fraction of sp³-hybridized carbons (Fsp3) is 0.360. The Bertz CT molecular complexity index is 1010. The van der Waals surface area contributed by atoms with Crippen molar-refractivity contribution in [1.29, 1.82) is 5.26 Å². The van der Waals surface area contributed by atoms with Gasteiger partial charge in [0.05, 0.1) is 17.3 Å². The van der Waals surface area contributed by atoms with E-state index in [1.165, 1.54) is 11.1 Å². The summed E-state index contributed by atoms with van der Waals surface area (Å²) < 4.78 is 7.99. The van der Waals surface area contributed by atoms with E-state index in [9.17, 15) is 5.26 Å². The zero-order valence-corrected chi connectivity index (χ0v) is 18.4. The van der Waals surface area contributed by atoms with Crippen LogP contribution in [-0.2, 0) is 19.9 Å². The van der Waals surface area contributed by atoms with Crippen molar-refractivity contribution >= 4 is 0 Å². The van der Waals surface area contributed by atoms with Crippen LogP contribution in [0.1, 0.15) is 35.7 Å². The highest BCUT2D eigenvalue weighted by atomic mass is 16.5. The van der Waals surface area contributed by atoms with Gasteiger partial charge >= 0.3 is 0 Å². The smallest absolute Gasteiger partial charge is 0.215 e. The van der Waals surface area contributed by atoms with Gasteiger partial charge in [0.25, 0.3) is 0 Å². The number of likely N-dealkylation sites (N-methyl/N-ethyl adjacent to an activating group) is 1. The molecule has 30 heavy (non-hydrogen) atoms. The number of hydrogen-bond donors (Lipinski definition) is 0. The molecule has 0 unspecified atom stereocenters. The molecular weight excluding hydrogens is 372 g/mol. The summed E-state index contributed by atoms with van der Waals surface area (Å²) in [4.78, 5) is 2.11. The SMILES string of the molecule is CCCc1nn(C)c(OCCN(C)C)c1Cc1ccc(-c2ccccc2C#N)cc1. The zero-order valence-electron chi connectivity index (χ0n) is 18.4. The molecule has 2 aromatic carbocycles. The maximum atomic E-state index is 9.37. The van der Waals surface area contributed by atoms with Gasteiger partial charge in [0.1, 0.15) is 6.61 Å². The number of hydrogen-bond acceptors (Lipinski definition) is 4. The molecule has 3 aromatic rings. The Balaban J connectivity index is 1.85. The van der Waals surface area contributed by atoms with E-state index in [1.807, 2.05) is 50.1 Å². The van der Waals surface area contributed by atoms with E-state index in [0.29, 0.717) is 12.2 Å². The van der Waals surface area contributed by atoms with Crippen LogP contribution in [0.2, 0.25) is 0 Å². The van der Waals surface area contributed by atoms with Crippen LogP contribution >= 0.6 is 0 Å². The van der Waals surface area contributed by atoms with Gasteiger partial charge in [-0.15, -0.1) is 0 Å². The van der Waals surface area contributed by atoms with Crippen LogP contribution in [0.3, 0.4) is 0 Å². The maximum absolute atomic E-state index is 9.37. The lowest BCUT2D eigenvalue weighted by Gasteiger charge is -2.13. The molecule has 0 aliphatic heterocycles. The quantitative estimate of drug-likeness (QED) is 0.531.